The number of carbonyl (C=O) groups is 1. The van der Waals surface area contributed by atoms with Gasteiger partial charge in [-0.1, -0.05) is 6.92 Å². The van der Waals surface area contributed by atoms with Gasteiger partial charge in [-0.05, 0) is 0 Å². The summed E-state index contributed by atoms with van der Waals surface area (Å²) in [6, 6.07) is 0. The molecule has 6 nitrogen and oxygen atoms in total. The van der Waals surface area contributed by atoms with E-state index in [4.69, 9.17) is 5.11 Å². The fourth-order valence-corrected chi connectivity index (χ4v) is 2.35. The molecule has 1 fully saturated rings. The first-order valence-electron chi connectivity index (χ1n) is 5.27. The van der Waals surface area contributed by atoms with E-state index in [0.717, 1.165) is 0 Å². The lowest BCUT2D eigenvalue weighted by atomic mass is 9.88. The molecule has 0 bridgehead atoms. The van der Waals surface area contributed by atoms with Crippen molar-refractivity contribution in [1.82, 2.24) is 10.6 Å². The smallest absolute Gasteiger partial charge is 0.305 e. The van der Waals surface area contributed by atoms with Gasteiger partial charge in [-0.15, -0.1) is 0 Å². The van der Waals surface area contributed by atoms with Gasteiger partial charge in [0.25, 0.3) is 0 Å². The molecule has 0 unspecified atom stereocenters. The third kappa shape index (κ3) is 3.73. The highest BCUT2D eigenvalue weighted by molar-refractivity contribution is 7.91. The Labute approximate surface area is 95.3 Å². The molecule has 0 amide bonds. The van der Waals surface area contributed by atoms with Crippen LogP contribution in [-0.2, 0) is 14.6 Å². The maximum atomic E-state index is 11.2. The van der Waals surface area contributed by atoms with Crippen LogP contribution in [0.5, 0.6) is 0 Å². The zero-order valence-corrected chi connectivity index (χ0v) is 10.1. The molecule has 0 aromatic rings. The van der Waals surface area contributed by atoms with Crippen molar-refractivity contribution in [3.8, 4) is 0 Å². The summed E-state index contributed by atoms with van der Waals surface area (Å²) in [5.41, 5.74) is -0.463. The summed E-state index contributed by atoms with van der Waals surface area (Å²) in [5, 5.41) is 14.8. The van der Waals surface area contributed by atoms with E-state index in [0.29, 0.717) is 19.6 Å². The molecule has 0 radical (unpaired) electrons. The largest absolute Gasteiger partial charge is 0.481 e. The number of carboxylic acid groups (broad SMARTS) is 1. The maximum absolute atomic E-state index is 11.2. The van der Waals surface area contributed by atoms with E-state index in [-0.39, 0.29) is 17.9 Å². The van der Waals surface area contributed by atoms with E-state index < -0.39 is 21.3 Å². The van der Waals surface area contributed by atoms with Gasteiger partial charge in [0, 0.05) is 25.4 Å². The Morgan fingerprint density at radius 3 is 2.50 bits per heavy atom. The van der Waals surface area contributed by atoms with Crippen LogP contribution < -0.4 is 10.6 Å². The summed E-state index contributed by atoms with van der Waals surface area (Å²) in [5.74, 6) is -0.684. The summed E-state index contributed by atoms with van der Waals surface area (Å²) in [7, 11) is -2.98. The monoisotopic (exact) mass is 250 g/mol. The molecule has 1 aliphatic heterocycles. The fraction of sp³-hybridized carbons (Fsp3) is 0.889. The number of carboxylic acids is 1. The normalized spacial score (nSPS) is 19.1. The minimum absolute atomic E-state index is 0.0200. The molecule has 0 aromatic carbocycles. The van der Waals surface area contributed by atoms with Gasteiger partial charge >= 0.3 is 5.97 Å². The van der Waals surface area contributed by atoms with Gasteiger partial charge in [0.15, 0.2) is 9.84 Å². The molecular weight excluding hydrogens is 232 g/mol. The van der Waals surface area contributed by atoms with Crippen LogP contribution in [0.25, 0.3) is 0 Å². The van der Waals surface area contributed by atoms with E-state index in [9.17, 15) is 13.2 Å². The standard InChI is InChI=1S/C9H18N2O4S/c1-2-16(14,15)4-3-11-9(5-8(12)13)6-10-7-9/h10-11H,2-7H2,1H3,(H,12,13). The predicted molar refractivity (Wildman–Crippen MR) is 60.2 cm³/mol. The molecule has 0 saturated carbocycles. The van der Waals surface area contributed by atoms with Crippen molar-refractivity contribution in [3.05, 3.63) is 0 Å². The Morgan fingerprint density at radius 2 is 2.12 bits per heavy atom. The van der Waals surface area contributed by atoms with Crippen LogP contribution in [-0.4, -0.2) is 56.2 Å². The summed E-state index contributed by atoms with van der Waals surface area (Å²) in [4.78, 5) is 10.6. The second kappa shape index (κ2) is 5.11. The number of nitrogens with one attached hydrogen (secondary N) is 2. The SMILES string of the molecule is CCS(=O)(=O)CCNC1(CC(=O)O)CNC1. The zero-order chi connectivity index (χ0) is 12.2. The third-order valence-corrected chi connectivity index (χ3v) is 4.48. The molecule has 3 N–H and O–H groups in total. The molecule has 94 valence electrons. The van der Waals surface area contributed by atoms with Crippen LogP contribution in [0.1, 0.15) is 13.3 Å². The van der Waals surface area contributed by atoms with E-state index in [1.165, 1.54) is 0 Å². The summed E-state index contributed by atoms with van der Waals surface area (Å²) in [6.07, 6.45) is 0.0200. The first-order chi connectivity index (χ1) is 7.39. The topological polar surface area (TPSA) is 95.5 Å². The summed E-state index contributed by atoms with van der Waals surface area (Å²) >= 11 is 0. The molecule has 1 aliphatic rings. The molecule has 16 heavy (non-hydrogen) atoms. The minimum atomic E-state index is -2.98. The van der Waals surface area contributed by atoms with E-state index >= 15 is 0 Å². The average Bonchev–Trinajstić information content (AvgIpc) is 2.13. The first kappa shape index (κ1) is 13.4. The highest BCUT2D eigenvalue weighted by Crippen LogP contribution is 2.15. The van der Waals surface area contributed by atoms with Gasteiger partial charge < -0.3 is 15.7 Å². The van der Waals surface area contributed by atoms with Gasteiger partial charge in [-0.2, -0.15) is 0 Å². The number of sulfone groups is 1. The Hall–Kier alpha value is -0.660. The van der Waals surface area contributed by atoms with E-state index in [1.807, 2.05) is 0 Å². The van der Waals surface area contributed by atoms with Crippen molar-refractivity contribution in [3.63, 3.8) is 0 Å². The minimum Gasteiger partial charge on any atom is -0.481 e. The van der Waals surface area contributed by atoms with Crippen LogP contribution in [0.2, 0.25) is 0 Å². The van der Waals surface area contributed by atoms with Crippen molar-refractivity contribution in [2.24, 2.45) is 0 Å². The molecule has 1 saturated heterocycles. The van der Waals surface area contributed by atoms with Crippen LogP contribution in [0.15, 0.2) is 0 Å². The molecule has 7 heteroatoms. The lowest BCUT2D eigenvalue weighted by Crippen LogP contribution is -2.68. The maximum Gasteiger partial charge on any atom is 0.305 e. The average molecular weight is 250 g/mol. The molecule has 1 heterocycles. The van der Waals surface area contributed by atoms with Gasteiger partial charge in [0.05, 0.1) is 17.7 Å². The van der Waals surface area contributed by atoms with Crippen molar-refractivity contribution < 1.29 is 18.3 Å². The van der Waals surface area contributed by atoms with Gasteiger partial charge in [-0.25, -0.2) is 8.42 Å². The summed E-state index contributed by atoms with van der Waals surface area (Å²) < 4.78 is 22.5. The number of hydrogen-bond donors (Lipinski definition) is 3. The Kier molecular flexibility index (Phi) is 4.28. The molecule has 0 aromatic heterocycles. The molecule has 0 aliphatic carbocycles. The molecule has 0 spiro atoms. The van der Waals surface area contributed by atoms with Crippen LogP contribution >= 0.6 is 0 Å². The second-order valence-electron chi connectivity index (χ2n) is 4.12. The van der Waals surface area contributed by atoms with Crippen molar-refractivity contribution in [2.75, 3.05) is 31.1 Å². The highest BCUT2D eigenvalue weighted by atomic mass is 32.2. The van der Waals surface area contributed by atoms with Crippen molar-refractivity contribution >= 4 is 15.8 Å². The lowest BCUT2D eigenvalue weighted by molar-refractivity contribution is -0.139. The summed E-state index contributed by atoms with van der Waals surface area (Å²) in [6.45, 7) is 3.06. The molecule has 0 atom stereocenters. The number of aliphatic carboxylic acids is 1. The van der Waals surface area contributed by atoms with E-state index in [1.54, 1.807) is 6.92 Å². The fourth-order valence-electron chi connectivity index (χ4n) is 1.64. The van der Waals surface area contributed by atoms with Gasteiger partial charge in [0.1, 0.15) is 0 Å². The quantitative estimate of drug-likeness (QED) is 0.527. The van der Waals surface area contributed by atoms with Crippen molar-refractivity contribution in [1.29, 1.82) is 0 Å². The Morgan fingerprint density at radius 1 is 1.50 bits per heavy atom. The number of rotatable bonds is 7. The lowest BCUT2D eigenvalue weighted by Gasteiger charge is -2.42. The third-order valence-electron chi connectivity index (χ3n) is 2.77. The van der Waals surface area contributed by atoms with Gasteiger partial charge in [-0.3, -0.25) is 4.79 Å². The Bertz CT molecular complexity index is 349. The Balaban J connectivity index is 2.38. The first-order valence-corrected chi connectivity index (χ1v) is 7.09. The molecule has 1 rings (SSSR count). The van der Waals surface area contributed by atoms with Crippen LogP contribution in [0.3, 0.4) is 0 Å². The zero-order valence-electron chi connectivity index (χ0n) is 9.32. The van der Waals surface area contributed by atoms with Crippen LogP contribution in [0.4, 0.5) is 0 Å². The molecular formula is C9H18N2O4S. The highest BCUT2D eigenvalue weighted by Gasteiger charge is 2.38. The second-order valence-corrected chi connectivity index (χ2v) is 6.59. The van der Waals surface area contributed by atoms with Crippen LogP contribution in [0, 0.1) is 0 Å². The predicted octanol–water partition coefficient (Wildman–Crippen LogP) is -1.17. The number of hydrogen-bond acceptors (Lipinski definition) is 5. The van der Waals surface area contributed by atoms with Gasteiger partial charge in [0.2, 0.25) is 0 Å². The van der Waals surface area contributed by atoms with E-state index in [2.05, 4.69) is 10.6 Å². The van der Waals surface area contributed by atoms with Crippen molar-refractivity contribution in [2.45, 2.75) is 18.9 Å².